The maximum atomic E-state index is 11.9. The van der Waals surface area contributed by atoms with Crippen molar-refractivity contribution in [2.75, 3.05) is 13.6 Å². The van der Waals surface area contributed by atoms with Gasteiger partial charge in [-0.05, 0) is 44.0 Å². The van der Waals surface area contributed by atoms with Crippen molar-refractivity contribution >= 4 is 30.7 Å². The van der Waals surface area contributed by atoms with Crippen molar-refractivity contribution in [3.8, 4) is 0 Å². The first-order chi connectivity index (χ1) is 9.13. The van der Waals surface area contributed by atoms with Gasteiger partial charge in [0.1, 0.15) is 0 Å². The summed E-state index contributed by atoms with van der Waals surface area (Å²) in [5.74, 6) is 0.0793. The Bertz CT molecular complexity index is 419. The van der Waals surface area contributed by atoms with E-state index in [2.05, 4.69) is 10.3 Å². The Kier molecular flexibility index (Phi) is 9.53. The summed E-state index contributed by atoms with van der Waals surface area (Å²) in [6, 6.07) is 4.44. The zero-order valence-corrected chi connectivity index (χ0v) is 13.8. The van der Waals surface area contributed by atoms with Gasteiger partial charge < -0.3 is 11.1 Å². The molecule has 1 aromatic heterocycles. The SMILES string of the molecule is CN(CC(=O)N[C@@H]1CC[C@@H](N)C1)Cc1ccncc1.Cl.Cl. The molecule has 120 valence electrons. The molecule has 2 atom stereocenters. The number of aromatic nitrogens is 1. The van der Waals surface area contributed by atoms with Crippen LogP contribution in [-0.4, -0.2) is 41.5 Å². The number of nitrogens with one attached hydrogen (secondary N) is 1. The van der Waals surface area contributed by atoms with Gasteiger partial charge in [-0.2, -0.15) is 0 Å². The van der Waals surface area contributed by atoms with Crippen LogP contribution in [0.15, 0.2) is 24.5 Å². The maximum Gasteiger partial charge on any atom is 0.234 e. The summed E-state index contributed by atoms with van der Waals surface area (Å²) in [4.78, 5) is 17.9. The third kappa shape index (κ3) is 7.09. The molecule has 1 aliphatic rings. The summed E-state index contributed by atoms with van der Waals surface area (Å²) >= 11 is 0. The molecule has 1 saturated carbocycles. The van der Waals surface area contributed by atoms with Crippen LogP contribution in [0, 0.1) is 0 Å². The lowest BCUT2D eigenvalue weighted by Gasteiger charge is -2.18. The molecule has 2 rings (SSSR count). The molecule has 1 aliphatic carbocycles. The molecular weight excluding hydrogens is 311 g/mol. The molecule has 1 fully saturated rings. The van der Waals surface area contributed by atoms with Crippen molar-refractivity contribution in [3.05, 3.63) is 30.1 Å². The van der Waals surface area contributed by atoms with Crippen molar-refractivity contribution in [1.29, 1.82) is 0 Å². The highest BCUT2D eigenvalue weighted by Gasteiger charge is 2.23. The van der Waals surface area contributed by atoms with Crippen molar-refractivity contribution in [2.45, 2.75) is 37.9 Å². The van der Waals surface area contributed by atoms with Crippen LogP contribution in [0.3, 0.4) is 0 Å². The fourth-order valence-corrected chi connectivity index (χ4v) is 2.52. The number of pyridine rings is 1. The lowest BCUT2D eigenvalue weighted by molar-refractivity contribution is -0.122. The molecular formula is C14H24Cl2N4O. The molecule has 21 heavy (non-hydrogen) atoms. The molecule has 0 aromatic carbocycles. The third-order valence-electron chi connectivity index (χ3n) is 3.45. The van der Waals surface area contributed by atoms with Crippen molar-refractivity contribution in [1.82, 2.24) is 15.2 Å². The summed E-state index contributed by atoms with van der Waals surface area (Å²) in [5.41, 5.74) is 7.00. The van der Waals surface area contributed by atoms with Crippen LogP contribution in [0.5, 0.6) is 0 Å². The Balaban J connectivity index is 0.00000200. The normalized spacial score (nSPS) is 20.5. The lowest BCUT2D eigenvalue weighted by atomic mass is 10.2. The fraction of sp³-hybridized carbons (Fsp3) is 0.571. The van der Waals surface area contributed by atoms with E-state index in [1.165, 1.54) is 0 Å². The van der Waals surface area contributed by atoms with Gasteiger partial charge in [0.25, 0.3) is 0 Å². The van der Waals surface area contributed by atoms with Gasteiger partial charge in [-0.1, -0.05) is 0 Å². The predicted molar refractivity (Wildman–Crippen MR) is 88.8 cm³/mol. The maximum absolute atomic E-state index is 11.9. The van der Waals surface area contributed by atoms with E-state index in [1.54, 1.807) is 12.4 Å². The molecule has 3 N–H and O–H groups in total. The third-order valence-corrected chi connectivity index (χ3v) is 3.45. The molecule has 1 heterocycles. The van der Waals surface area contributed by atoms with E-state index in [9.17, 15) is 4.79 Å². The Hall–Kier alpha value is -0.880. The summed E-state index contributed by atoms with van der Waals surface area (Å²) in [7, 11) is 1.94. The lowest BCUT2D eigenvalue weighted by Crippen LogP contribution is -2.40. The van der Waals surface area contributed by atoms with E-state index >= 15 is 0 Å². The van der Waals surface area contributed by atoms with Crippen LogP contribution < -0.4 is 11.1 Å². The van der Waals surface area contributed by atoms with Crippen LogP contribution in [0.2, 0.25) is 0 Å². The molecule has 1 aromatic rings. The average molecular weight is 335 g/mol. The second-order valence-electron chi connectivity index (χ2n) is 5.37. The minimum atomic E-state index is 0. The van der Waals surface area contributed by atoms with Crippen LogP contribution >= 0.6 is 24.8 Å². The number of hydrogen-bond acceptors (Lipinski definition) is 4. The number of hydrogen-bond donors (Lipinski definition) is 2. The van der Waals surface area contributed by atoms with Crippen LogP contribution in [0.1, 0.15) is 24.8 Å². The number of carbonyl (C=O) groups excluding carboxylic acids is 1. The smallest absolute Gasteiger partial charge is 0.234 e. The number of halogens is 2. The first-order valence-electron chi connectivity index (χ1n) is 6.76. The monoisotopic (exact) mass is 334 g/mol. The molecule has 0 bridgehead atoms. The summed E-state index contributed by atoms with van der Waals surface area (Å²) in [6.45, 7) is 1.16. The molecule has 0 spiro atoms. The Labute approximate surface area is 138 Å². The second kappa shape index (κ2) is 9.95. The van der Waals surface area contributed by atoms with Gasteiger partial charge in [0.15, 0.2) is 0 Å². The van der Waals surface area contributed by atoms with Crippen molar-refractivity contribution in [2.24, 2.45) is 5.73 Å². The van der Waals surface area contributed by atoms with Gasteiger partial charge in [0.05, 0.1) is 6.54 Å². The quantitative estimate of drug-likeness (QED) is 0.852. The van der Waals surface area contributed by atoms with E-state index in [0.29, 0.717) is 6.54 Å². The van der Waals surface area contributed by atoms with E-state index in [1.807, 2.05) is 24.1 Å². The zero-order chi connectivity index (χ0) is 13.7. The number of likely N-dealkylation sites (N-methyl/N-ethyl adjacent to an activating group) is 1. The standard InChI is InChI=1S/C14H22N4O.2ClH/c1-18(9-11-4-6-16-7-5-11)10-14(19)17-13-3-2-12(15)8-13;;/h4-7,12-13H,2-3,8-10,15H2,1H3,(H,17,19);2*1H/t12-,13-;;/m1../s1. The van der Waals surface area contributed by atoms with Gasteiger partial charge >= 0.3 is 0 Å². The average Bonchev–Trinajstić information content (AvgIpc) is 2.75. The topological polar surface area (TPSA) is 71.2 Å². The van der Waals surface area contributed by atoms with Gasteiger partial charge in [0, 0.05) is 31.0 Å². The fourth-order valence-electron chi connectivity index (χ4n) is 2.52. The second-order valence-corrected chi connectivity index (χ2v) is 5.37. The highest BCUT2D eigenvalue weighted by Crippen LogP contribution is 2.16. The van der Waals surface area contributed by atoms with Crippen molar-refractivity contribution in [3.63, 3.8) is 0 Å². The molecule has 0 saturated heterocycles. The van der Waals surface area contributed by atoms with Crippen LogP contribution in [-0.2, 0) is 11.3 Å². The van der Waals surface area contributed by atoms with E-state index < -0.39 is 0 Å². The van der Waals surface area contributed by atoms with E-state index in [4.69, 9.17) is 5.73 Å². The molecule has 0 aliphatic heterocycles. The van der Waals surface area contributed by atoms with Crippen LogP contribution in [0.25, 0.3) is 0 Å². The van der Waals surface area contributed by atoms with E-state index in [-0.39, 0.29) is 42.8 Å². The zero-order valence-electron chi connectivity index (χ0n) is 12.2. The minimum Gasteiger partial charge on any atom is -0.352 e. The first kappa shape index (κ1) is 20.1. The number of carbonyl (C=O) groups is 1. The van der Waals surface area contributed by atoms with Gasteiger partial charge in [-0.15, -0.1) is 24.8 Å². The van der Waals surface area contributed by atoms with Crippen molar-refractivity contribution < 1.29 is 4.79 Å². The number of nitrogens with two attached hydrogens (primary N) is 1. The number of nitrogens with zero attached hydrogens (tertiary/aromatic N) is 2. The first-order valence-corrected chi connectivity index (χ1v) is 6.76. The Morgan fingerprint density at radius 3 is 2.62 bits per heavy atom. The van der Waals surface area contributed by atoms with Gasteiger partial charge in [-0.3, -0.25) is 14.7 Å². The Morgan fingerprint density at radius 1 is 1.38 bits per heavy atom. The van der Waals surface area contributed by atoms with Gasteiger partial charge in [0.2, 0.25) is 5.91 Å². The highest BCUT2D eigenvalue weighted by molar-refractivity contribution is 5.85. The molecule has 0 radical (unpaired) electrons. The number of amides is 1. The summed E-state index contributed by atoms with van der Waals surface area (Å²) in [6.07, 6.45) is 6.45. The highest BCUT2D eigenvalue weighted by atomic mass is 35.5. The largest absolute Gasteiger partial charge is 0.352 e. The number of rotatable bonds is 5. The summed E-state index contributed by atoms with van der Waals surface area (Å²) in [5, 5.41) is 3.05. The molecule has 0 unspecified atom stereocenters. The summed E-state index contributed by atoms with van der Waals surface area (Å²) < 4.78 is 0. The Morgan fingerprint density at radius 2 is 2.05 bits per heavy atom. The predicted octanol–water partition coefficient (Wildman–Crippen LogP) is 1.35. The van der Waals surface area contributed by atoms with Gasteiger partial charge in [-0.25, -0.2) is 0 Å². The molecule has 1 amide bonds. The molecule has 5 nitrogen and oxygen atoms in total. The van der Waals surface area contributed by atoms with Crippen LogP contribution in [0.4, 0.5) is 0 Å². The minimum absolute atomic E-state index is 0. The molecule has 7 heteroatoms. The van der Waals surface area contributed by atoms with E-state index in [0.717, 1.165) is 31.4 Å².